The Morgan fingerprint density at radius 1 is 1.10 bits per heavy atom. The Morgan fingerprint density at radius 3 is 2.53 bits per heavy atom. The molecule has 1 fully saturated rings. The molecular weight excluding hydrogens is 389 g/mol. The van der Waals surface area contributed by atoms with Crippen molar-refractivity contribution in [1.29, 1.82) is 0 Å². The zero-order chi connectivity index (χ0) is 21.3. The Labute approximate surface area is 175 Å². The molecule has 7 nitrogen and oxygen atoms in total. The van der Waals surface area contributed by atoms with Crippen LogP contribution in [-0.2, 0) is 0 Å². The topological polar surface area (TPSA) is 84.7 Å². The van der Waals surface area contributed by atoms with E-state index in [1.54, 1.807) is 18.2 Å². The van der Waals surface area contributed by atoms with Crippen LogP contribution in [0.1, 0.15) is 42.5 Å². The molecule has 2 aromatic rings. The number of nitro benzene ring substituents is 1. The smallest absolute Gasteiger partial charge is 0.270 e. The van der Waals surface area contributed by atoms with Crippen LogP contribution in [0.4, 0.5) is 15.8 Å². The van der Waals surface area contributed by atoms with Gasteiger partial charge in [0.05, 0.1) is 22.8 Å². The van der Waals surface area contributed by atoms with Crippen molar-refractivity contribution < 1.29 is 18.8 Å². The minimum atomic E-state index is -0.483. The number of nitro groups is 1. The van der Waals surface area contributed by atoms with Crippen LogP contribution in [0.15, 0.2) is 42.5 Å². The number of ether oxygens (including phenoxy) is 1. The Morgan fingerprint density at radius 2 is 1.83 bits per heavy atom. The second-order valence-corrected chi connectivity index (χ2v) is 7.27. The van der Waals surface area contributed by atoms with Crippen LogP contribution in [0.2, 0.25) is 0 Å². The lowest BCUT2D eigenvalue weighted by atomic mass is 10.1. The van der Waals surface area contributed by atoms with Gasteiger partial charge in [-0.15, -0.1) is 0 Å². The number of hydrogen-bond acceptors (Lipinski definition) is 5. The van der Waals surface area contributed by atoms with Crippen LogP contribution in [0.25, 0.3) is 0 Å². The normalized spacial score (nSPS) is 13.7. The summed E-state index contributed by atoms with van der Waals surface area (Å²) in [5, 5.41) is 14.0. The van der Waals surface area contributed by atoms with Crippen molar-refractivity contribution in [3.05, 3.63) is 64.0 Å². The molecule has 8 heteroatoms. The number of halogens is 1. The van der Waals surface area contributed by atoms with Crippen LogP contribution < -0.4 is 15.0 Å². The van der Waals surface area contributed by atoms with Gasteiger partial charge in [-0.2, -0.15) is 0 Å². The largest absolute Gasteiger partial charge is 0.494 e. The summed E-state index contributed by atoms with van der Waals surface area (Å²) in [5.41, 5.74) is 1.000. The first-order chi connectivity index (χ1) is 14.5. The molecule has 0 spiro atoms. The molecule has 0 radical (unpaired) electrons. The Balaban J connectivity index is 1.52. The Kier molecular flexibility index (Phi) is 7.59. The number of piperidine rings is 1. The molecule has 1 amide bonds. The molecule has 0 saturated carbocycles. The van der Waals surface area contributed by atoms with Crippen molar-refractivity contribution in [2.75, 3.05) is 31.1 Å². The number of nitrogens with one attached hydrogen (secondary N) is 1. The number of hydrogen-bond donors (Lipinski definition) is 1. The first-order valence-corrected chi connectivity index (χ1v) is 10.2. The van der Waals surface area contributed by atoms with Gasteiger partial charge in [-0.05, 0) is 62.4 Å². The van der Waals surface area contributed by atoms with E-state index in [2.05, 4.69) is 10.2 Å². The van der Waals surface area contributed by atoms with E-state index >= 15 is 0 Å². The number of benzene rings is 2. The minimum absolute atomic E-state index is 0.0893. The van der Waals surface area contributed by atoms with E-state index in [1.165, 1.54) is 24.3 Å². The van der Waals surface area contributed by atoms with Gasteiger partial charge in [0, 0.05) is 31.8 Å². The molecule has 2 aromatic carbocycles. The second-order valence-electron chi connectivity index (χ2n) is 7.27. The fourth-order valence-electron chi connectivity index (χ4n) is 3.48. The highest BCUT2D eigenvalue weighted by atomic mass is 19.1. The van der Waals surface area contributed by atoms with Gasteiger partial charge in [0.25, 0.3) is 11.6 Å². The maximum atomic E-state index is 12.9. The second kappa shape index (κ2) is 10.6. The molecule has 1 aliphatic heterocycles. The van der Waals surface area contributed by atoms with E-state index < -0.39 is 4.92 Å². The highest BCUT2D eigenvalue weighted by Gasteiger charge is 2.21. The summed E-state index contributed by atoms with van der Waals surface area (Å²) in [4.78, 5) is 25.5. The molecular formula is C22H26FN3O4. The van der Waals surface area contributed by atoms with Crippen molar-refractivity contribution in [3.63, 3.8) is 0 Å². The van der Waals surface area contributed by atoms with Crippen molar-refractivity contribution in [2.24, 2.45) is 0 Å². The molecule has 0 unspecified atom stereocenters. The SMILES string of the molecule is O=C(NCCCCOc1ccc(F)cc1)c1cc([N+](=O)[O-])ccc1N1CCCCC1. The van der Waals surface area contributed by atoms with Gasteiger partial charge < -0.3 is 15.0 Å². The van der Waals surface area contributed by atoms with Gasteiger partial charge >= 0.3 is 0 Å². The molecule has 30 heavy (non-hydrogen) atoms. The lowest BCUT2D eigenvalue weighted by molar-refractivity contribution is -0.384. The number of carbonyl (C=O) groups excluding carboxylic acids is 1. The molecule has 1 aliphatic rings. The van der Waals surface area contributed by atoms with Crippen molar-refractivity contribution in [2.45, 2.75) is 32.1 Å². The molecule has 160 valence electrons. The number of rotatable bonds is 9. The number of unbranched alkanes of at least 4 members (excludes halogenated alkanes) is 1. The number of carbonyl (C=O) groups is 1. The Hall–Kier alpha value is -3.16. The lowest BCUT2D eigenvalue weighted by Gasteiger charge is -2.30. The number of amides is 1. The highest BCUT2D eigenvalue weighted by Crippen LogP contribution is 2.28. The lowest BCUT2D eigenvalue weighted by Crippen LogP contribution is -2.33. The predicted molar refractivity (Wildman–Crippen MR) is 113 cm³/mol. The standard InChI is InChI=1S/C22H26FN3O4/c23-17-6-9-19(10-7-17)30-15-5-2-12-24-22(27)20-16-18(26(28)29)8-11-21(20)25-13-3-1-4-14-25/h6-11,16H,1-5,12-15H2,(H,24,27). The summed E-state index contributed by atoms with van der Waals surface area (Å²) in [5.74, 6) is -0.0166. The van der Waals surface area contributed by atoms with Gasteiger partial charge in [-0.1, -0.05) is 0 Å². The summed E-state index contributed by atoms with van der Waals surface area (Å²) >= 11 is 0. The third-order valence-corrected chi connectivity index (χ3v) is 5.07. The van der Waals surface area contributed by atoms with Gasteiger partial charge in [0.2, 0.25) is 0 Å². The number of anilines is 1. The third kappa shape index (κ3) is 5.92. The van der Waals surface area contributed by atoms with Crippen LogP contribution in [0.5, 0.6) is 5.75 Å². The maximum Gasteiger partial charge on any atom is 0.270 e. The summed E-state index contributed by atoms with van der Waals surface area (Å²) < 4.78 is 18.4. The highest BCUT2D eigenvalue weighted by molar-refractivity contribution is 6.00. The predicted octanol–water partition coefficient (Wildman–Crippen LogP) is 4.31. The van der Waals surface area contributed by atoms with Crippen LogP contribution in [0.3, 0.4) is 0 Å². The summed E-state index contributed by atoms with van der Waals surface area (Å²) in [6.45, 7) is 2.59. The van der Waals surface area contributed by atoms with Gasteiger partial charge in [0.15, 0.2) is 0 Å². The molecule has 1 N–H and O–H groups in total. The van der Waals surface area contributed by atoms with E-state index in [0.29, 0.717) is 37.3 Å². The van der Waals surface area contributed by atoms with Crippen molar-refractivity contribution >= 4 is 17.3 Å². The van der Waals surface area contributed by atoms with Crippen LogP contribution in [-0.4, -0.2) is 37.1 Å². The van der Waals surface area contributed by atoms with E-state index in [4.69, 9.17) is 4.74 Å². The van der Waals surface area contributed by atoms with E-state index in [1.807, 2.05) is 0 Å². The summed E-state index contributed by atoms with van der Waals surface area (Å²) in [6.07, 6.45) is 4.66. The fraction of sp³-hybridized carbons (Fsp3) is 0.409. The quantitative estimate of drug-likeness (QED) is 0.375. The fourth-order valence-corrected chi connectivity index (χ4v) is 3.48. The van der Waals surface area contributed by atoms with Crippen LogP contribution in [0, 0.1) is 15.9 Å². The molecule has 0 aromatic heterocycles. The van der Waals surface area contributed by atoms with E-state index in [9.17, 15) is 19.3 Å². The molecule has 1 saturated heterocycles. The van der Waals surface area contributed by atoms with Gasteiger partial charge in [-0.3, -0.25) is 14.9 Å². The van der Waals surface area contributed by atoms with Crippen molar-refractivity contribution in [3.8, 4) is 5.75 Å². The summed E-state index contributed by atoms with van der Waals surface area (Å²) in [7, 11) is 0. The minimum Gasteiger partial charge on any atom is -0.494 e. The number of non-ortho nitro benzene ring substituents is 1. The van der Waals surface area contributed by atoms with E-state index in [-0.39, 0.29) is 17.4 Å². The molecule has 0 atom stereocenters. The molecule has 0 aliphatic carbocycles. The molecule has 3 rings (SSSR count). The molecule has 0 bridgehead atoms. The van der Waals surface area contributed by atoms with Crippen LogP contribution >= 0.6 is 0 Å². The Bertz CT molecular complexity index is 867. The average molecular weight is 415 g/mol. The maximum absolute atomic E-state index is 12.9. The van der Waals surface area contributed by atoms with E-state index in [0.717, 1.165) is 38.0 Å². The zero-order valence-corrected chi connectivity index (χ0v) is 16.8. The monoisotopic (exact) mass is 415 g/mol. The van der Waals surface area contributed by atoms with Gasteiger partial charge in [0.1, 0.15) is 11.6 Å². The number of nitrogens with zero attached hydrogens (tertiary/aromatic N) is 2. The van der Waals surface area contributed by atoms with Gasteiger partial charge in [-0.25, -0.2) is 4.39 Å². The first kappa shape index (κ1) is 21.5. The first-order valence-electron chi connectivity index (χ1n) is 10.2. The average Bonchev–Trinajstić information content (AvgIpc) is 2.77. The molecule has 1 heterocycles. The van der Waals surface area contributed by atoms with Crippen molar-refractivity contribution in [1.82, 2.24) is 5.32 Å². The zero-order valence-electron chi connectivity index (χ0n) is 16.8. The third-order valence-electron chi connectivity index (χ3n) is 5.07. The summed E-state index contributed by atoms with van der Waals surface area (Å²) in [6, 6.07) is 10.3.